The fourth-order valence-electron chi connectivity index (χ4n) is 2.76. The second-order valence-corrected chi connectivity index (χ2v) is 5.69. The standard InChI is InChI=1S/C18H16F2N4O/c19-14-4-5-17(16(20)11-14)23-6-8-24(9-7-23)18(25)22-15-3-1-2-13(10-15)12-21/h1-5,10-11H,6-9H2,(H,22,25). The van der Waals surface area contributed by atoms with Gasteiger partial charge in [0.2, 0.25) is 0 Å². The van der Waals surface area contributed by atoms with Crippen molar-refractivity contribution in [3.8, 4) is 6.07 Å². The highest BCUT2D eigenvalue weighted by molar-refractivity contribution is 5.89. The van der Waals surface area contributed by atoms with Gasteiger partial charge in [0.05, 0.1) is 17.3 Å². The molecule has 2 aromatic carbocycles. The molecule has 1 heterocycles. The highest BCUT2D eigenvalue weighted by atomic mass is 19.1. The molecule has 0 atom stereocenters. The third-order valence-corrected chi connectivity index (χ3v) is 4.06. The number of urea groups is 1. The Balaban J connectivity index is 1.60. The first-order valence-electron chi connectivity index (χ1n) is 7.83. The quantitative estimate of drug-likeness (QED) is 0.912. The summed E-state index contributed by atoms with van der Waals surface area (Å²) in [4.78, 5) is 15.7. The number of hydrogen-bond acceptors (Lipinski definition) is 3. The largest absolute Gasteiger partial charge is 0.366 e. The number of rotatable bonds is 2. The minimum absolute atomic E-state index is 0.269. The predicted molar refractivity (Wildman–Crippen MR) is 90.3 cm³/mol. The van der Waals surface area contributed by atoms with Crippen molar-refractivity contribution >= 4 is 17.4 Å². The number of hydrogen-bond donors (Lipinski definition) is 1. The molecule has 128 valence electrons. The molecule has 3 rings (SSSR count). The lowest BCUT2D eigenvalue weighted by Gasteiger charge is -2.36. The first-order valence-corrected chi connectivity index (χ1v) is 7.83. The lowest BCUT2D eigenvalue weighted by Crippen LogP contribution is -2.50. The van der Waals surface area contributed by atoms with Crippen LogP contribution in [0.4, 0.5) is 25.0 Å². The van der Waals surface area contributed by atoms with Crippen LogP contribution < -0.4 is 10.2 Å². The van der Waals surface area contributed by atoms with E-state index in [0.717, 1.165) is 6.07 Å². The highest BCUT2D eigenvalue weighted by Gasteiger charge is 2.23. The molecule has 1 N–H and O–H groups in total. The lowest BCUT2D eigenvalue weighted by atomic mass is 10.2. The van der Waals surface area contributed by atoms with Crippen LogP contribution in [0, 0.1) is 23.0 Å². The van der Waals surface area contributed by atoms with Crippen molar-refractivity contribution in [2.24, 2.45) is 0 Å². The minimum atomic E-state index is -0.612. The van der Waals surface area contributed by atoms with E-state index in [9.17, 15) is 13.6 Å². The van der Waals surface area contributed by atoms with Gasteiger partial charge < -0.3 is 15.1 Å². The second-order valence-electron chi connectivity index (χ2n) is 5.69. The van der Waals surface area contributed by atoms with E-state index in [2.05, 4.69) is 5.32 Å². The topological polar surface area (TPSA) is 59.4 Å². The number of benzene rings is 2. The van der Waals surface area contributed by atoms with E-state index in [4.69, 9.17) is 5.26 Å². The molecule has 1 aliphatic heterocycles. The van der Waals surface area contributed by atoms with Gasteiger partial charge in [-0.3, -0.25) is 0 Å². The number of halogens is 2. The van der Waals surface area contributed by atoms with Gasteiger partial charge in [-0.1, -0.05) is 6.07 Å². The van der Waals surface area contributed by atoms with Gasteiger partial charge >= 0.3 is 6.03 Å². The van der Waals surface area contributed by atoms with E-state index in [0.29, 0.717) is 43.1 Å². The normalized spacial score (nSPS) is 14.1. The number of nitriles is 1. The highest BCUT2D eigenvalue weighted by Crippen LogP contribution is 2.22. The zero-order chi connectivity index (χ0) is 17.8. The van der Waals surface area contributed by atoms with Crippen molar-refractivity contribution in [2.75, 3.05) is 36.4 Å². The molecule has 0 radical (unpaired) electrons. The van der Waals surface area contributed by atoms with E-state index in [1.54, 1.807) is 34.1 Å². The van der Waals surface area contributed by atoms with E-state index < -0.39 is 11.6 Å². The molecule has 0 bridgehead atoms. The summed E-state index contributed by atoms with van der Waals surface area (Å²) in [5, 5.41) is 11.6. The minimum Gasteiger partial charge on any atom is -0.366 e. The zero-order valence-electron chi connectivity index (χ0n) is 13.4. The van der Waals surface area contributed by atoms with Gasteiger partial charge in [0, 0.05) is 37.9 Å². The summed E-state index contributed by atoms with van der Waals surface area (Å²) in [6, 6.07) is 11.9. The summed E-state index contributed by atoms with van der Waals surface area (Å²) < 4.78 is 26.9. The lowest BCUT2D eigenvalue weighted by molar-refractivity contribution is 0.208. The second kappa shape index (κ2) is 7.18. The molecule has 1 fully saturated rings. The number of carbonyl (C=O) groups excluding carboxylic acids is 1. The van der Waals surface area contributed by atoms with Gasteiger partial charge in [-0.05, 0) is 30.3 Å². The molecule has 1 aliphatic rings. The number of amides is 2. The monoisotopic (exact) mass is 342 g/mol. The molecule has 0 saturated carbocycles. The van der Waals surface area contributed by atoms with Crippen molar-refractivity contribution in [3.05, 3.63) is 59.7 Å². The molecule has 25 heavy (non-hydrogen) atoms. The van der Waals surface area contributed by atoms with Gasteiger partial charge in [0.15, 0.2) is 0 Å². The molecule has 1 saturated heterocycles. The zero-order valence-corrected chi connectivity index (χ0v) is 13.4. The van der Waals surface area contributed by atoms with Crippen LogP contribution in [0.5, 0.6) is 0 Å². The Labute approximate surface area is 144 Å². The molecule has 7 heteroatoms. The SMILES string of the molecule is N#Cc1cccc(NC(=O)N2CCN(c3ccc(F)cc3F)CC2)c1. The molecular weight excluding hydrogens is 326 g/mol. The van der Waals surface area contributed by atoms with Crippen LogP contribution in [-0.2, 0) is 0 Å². The van der Waals surface area contributed by atoms with E-state index >= 15 is 0 Å². The van der Waals surface area contributed by atoms with Crippen molar-refractivity contribution in [1.29, 1.82) is 5.26 Å². The van der Waals surface area contributed by atoms with Crippen molar-refractivity contribution in [3.63, 3.8) is 0 Å². The fourth-order valence-corrected chi connectivity index (χ4v) is 2.76. The summed E-state index contributed by atoms with van der Waals surface area (Å²) >= 11 is 0. The Morgan fingerprint density at radius 3 is 2.52 bits per heavy atom. The van der Waals surface area contributed by atoms with Crippen molar-refractivity contribution < 1.29 is 13.6 Å². The summed E-state index contributed by atoms with van der Waals surface area (Å²) in [5.74, 6) is -1.22. The van der Waals surface area contributed by atoms with E-state index in [1.165, 1.54) is 12.1 Å². The first kappa shape index (κ1) is 16.7. The Hall–Kier alpha value is -3.14. The number of nitrogens with zero attached hydrogens (tertiary/aromatic N) is 3. The Kier molecular flexibility index (Phi) is 4.80. The molecule has 0 aliphatic carbocycles. The first-order chi connectivity index (χ1) is 12.1. The van der Waals surface area contributed by atoms with Crippen LogP contribution >= 0.6 is 0 Å². The van der Waals surface area contributed by atoms with Gasteiger partial charge in [-0.2, -0.15) is 5.26 Å². The Morgan fingerprint density at radius 1 is 1.08 bits per heavy atom. The maximum atomic E-state index is 13.8. The summed E-state index contributed by atoms with van der Waals surface area (Å²) in [6.07, 6.45) is 0. The van der Waals surface area contributed by atoms with E-state index in [-0.39, 0.29) is 6.03 Å². The number of nitrogens with one attached hydrogen (secondary N) is 1. The van der Waals surface area contributed by atoms with Crippen LogP contribution in [0.2, 0.25) is 0 Å². The third-order valence-electron chi connectivity index (χ3n) is 4.06. The van der Waals surface area contributed by atoms with Gasteiger partial charge in [0.25, 0.3) is 0 Å². The van der Waals surface area contributed by atoms with Crippen LogP contribution in [0.25, 0.3) is 0 Å². The maximum absolute atomic E-state index is 13.8. The summed E-state index contributed by atoms with van der Waals surface area (Å²) in [7, 11) is 0. The van der Waals surface area contributed by atoms with Gasteiger partial charge in [-0.25, -0.2) is 13.6 Å². The average molecular weight is 342 g/mol. The van der Waals surface area contributed by atoms with Gasteiger partial charge in [-0.15, -0.1) is 0 Å². The Bertz CT molecular complexity index is 826. The smallest absolute Gasteiger partial charge is 0.321 e. The molecule has 0 aromatic heterocycles. The fraction of sp³-hybridized carbons (Fsp3) is 0.222. The number of piperazine rings is 1. The van der Waals surface area contributed by atoms with Crippen LogP contribution in [0.3, 0.4) is 0 Å². The molecule has 2 amide bonds. The number of anilines is 2. The maximum Gasteiger partial charge on any atom is 0.321 e. The molecular formula is C18H16F2N4O. The van der Waals surface area contributed by atoms with Crippen LogP contribution in [0.15, 0.2) is 42.5 Å². The van der Waals surface area contributed by atoms with Gasteiger partial charge in [0.1, 0.15) is 11.6 Å². The number of carbonyl (C=O) groups is 1. The molecule has 0 unspecified atom stereocenters. The Morgan fingerprint density at radius 2 is 1.84 bits per heavy atom. The average Bonchev–Trinajstić information content (AvgIpc) is 2.62. The molecule has 0 spiro atoms. The van der Waals surface area contributed by atoms with E-state index in [1.807, 2.05) is 6.07 Å². The summed E-state index contributed by atoms with van der Waals surface area (Å²) in [6.45, 7) is 1.74. The van der Waals surface area contributed by atoms with Crippen LogP contribution in [-0.4, -0.2) is 37.1 Å². The van der Waals surface area contributed by atoms with Crippen LogP contribution in [0.1, 0.15) is 5.56 Å². The molecule has 5 nitrogen and oxygen atoms in total. The molecule has 2 aromatic rings. The third kappa shape index (κ3) is 3.86. The van der Waals surface area contributed by atoms with Crippen molar-refractivity contribution in [1.82, 2.24) is 4.90 Å². The van der Waals surface area contributed by atoms with Crippen molar-refractivity contribution in [2.45, 2.75) is 0 Å². The predicted octanol–water partition coefficient (Wildman–Crippen LogP) is 3.19. The summed E-state index contributed by atoms with van der Waals surface area (Å²) in [5.41, 5.74) is 1.36.